The van der Waals surface area contributed by atoms with Crippen molar-refractivity contribution in [2.75, 3.05) is 20.3 Å². The number of para-hydroxylation sites is 2. The summed E-state index contributed by atoms with van der Waals surface area (Å²) in [5.74, 6) is 2.28. The van der Waals surface area contributed by atoms with Gasteiger partial charge in [0.05, 0.1) is 19.8 Å². The number of aliphatic hydroxyl groups excluding tert-OH is 1. The zero-order valence-electron chi connectivity index (χ0n) is 14.1. The van der Waals surface area contributed by atoms with Gasteiger partial charge in [-0.1, -0.05) is 30.3 Å². The molecule has 1 amide bonds. The number of carbonyl (C=O) groups excluding carboxylic acids is 1. The standard InChI is InChI=1S/C20H21NO4/c1-24-18-8-4-6-15-16(11-21-13(12-22)9-10-19(21)23)14-5-2-3-7-17(14)25-20(15)18/h2-8,13,16,22H,9-12H2,1H3. The number of methoxy groups -OCH3 is 1. The highest BCUT2D eigenvalue weighted by Gasteiger charge is 2.36. The molecule has 2 aliphatic rings. The SMILES string of the molecule is COc1cccc2c1Oc1ccccc1C2CN1C(=O)CCC1CO. The molecule has 5 nitrogen and oxygen atoms in total. The van der Waals surface area contributed by atoms with Gasteiger partial charge in [0.15, 0.2) is 11.5 Å². The van der Waals surface area contributed by atoms with Gasteiger partial charge in [-0.25, -0.2) is 0 Å². The highest BCUT2D eigenvalue weighted by atomic mass is 16.5. The van der Waals surface area contributed by atoms with Crippen molar-refractivity contribution >= 4 is 5.91 Å². The maximum atomic E-state index is 12.3. The molecule has 130 valence electrons. The highest BCUT2D eigenvalue weighted by molar-refractivity contribution is 5.79. The Morgan fingerprint density at radius 3 is 2.80 bits per heavy atom. The first-order valence-electron chi connectivity index (χ1n) is 8.57. The first-order chi connectivity index (χ1) is 12.2. The number of hydrogen-bond donors (Lipinski definition) is 1. The lowest BCUT2D eigenvalue weighted by molar-refractivity contribution is -0.129. The van der Waals surface area contributed by atoms with E-state index in [1.165, 1.54) is 0 Å². The molecule has 25 heavy (non-hydrogen) atoms. The lowest BCUT2D eigenvalue weighted by atomic mass is 9.87. The molecule has 0 bridgehead atoms. The number of carbonyl (C=O) groups is 1. The Kier molecular flexibility index (Phi) is 4.09. The molecule has 1 saturated heterocycles. The Morgan fingerprint density at radius 1 is 1.20 bits per heavy atom. The minimum Gasteiger partial charge on any atom is -0.493 e. The summed E-state index contributed by atoms with van der Waals surface area (Å²) in [6.07, 6.45) is 1.21. The summed E-state index contributed by atoms with van der Waals surface area (Å²) in [6, 6.07) is 13.6. The quantitative estimate of drug-likeness (QED) is 0.930. The minimum absolute atomic E-state index is 0.00156. The fourth-order valence-corrected chi connectivity index (χ4v) is 3.84. The zero-order chi connectivity index (χ0) is 17.4. The molecule has 2 atom stereocenters. The van der Waals surface area contributed by atoms with Crippen LogP contribution in [0.4, 0.5) is 0 Å². The number of aliphatic hydroxyl groups is 1. The Balaban J connectivity index is 1.78. The summed E-state index contributed by atoms with van der Waals surface area (Å²) in [6.45, 7) is 0.534. The Hall–Kier alpha value is -2.53. The van der Waals surface area contributed by atoms with Crippen molar-refractivity contribution in [1.82, 2.24) is 4.90 Å². The molecule has 0 aliphatic carbocycles. The van der Waals surface area contributed by atoms with Crippen LogP contribution in [0.25, 0.3) is 0 Å². The van der Waals surface area contributed by atoms with Crippen LogP contribution in [0.5, 0.6) is 17.2 Å². The van der Waals surface area contributed by atoms with E-state index < -0.39 is 0 Å². The van der Waals surface area contributed by atoms with Crippen LogP contribution >= 0.6 is 0 Å². The second-order valence-electron chi connectivity index (χ2n) is 6.49. The molecule has 1 N–H and O–H groups in total. The van der Waals surface area contributed by atoms with E-state index in [0.29, 0.717) is 30.9 Å². The second kappa shape index (κ2) is 6.41. The third-order valence-corrected chi connectivity index (χ3v) is 5.15. The van der Waals surface area contributed by atoms with Gasteiger partial charge in [0.25, 0.3) is 0 Å². The van der Waals surface area contributed by atoms with Crippen molar-refractivity contribution in [3.8, 4) is 17.2 Å². The van der Waals surface area contributed by atoms with E-state index >= 15 is 0 Å². The lowest BCUT2D eigenvalue weighted by Crippen LogP contribution is -2.39. The molecular weight excluding hydrogens is 318 g/mol. The predicted molar refractivity (Wildman–Crippen MR) is 93.2 cm³/mol. The van der Waals surface area contributed by atoms with Crippen LogP contribution in [0.2, 0.25) is 0 Å². The van der Waals surface area contributed by atoms with Gasteiger partial charge in [0.2, 0.25) is 5.91 Å². The van der Waals surface area contributed by atoms with Gasteiger partial charge in [-0.2, -0.15) is 0 Å². The average Bonchev–Trinajstić information content (AvgIpc) is 3.00. The van der Waals surface area contributed by atoms with Gasteiger partial charge in [-0.3, -0.25) is 4.79 Å². The number of likely N-dealkylation sites (tertiary alicyclic amines) is 1. The number of hydrogen-bond acceptors (Lipinski definition) is 4. The van der Waals surface area contributed by atoms with Crippen LogP contribution in [0.1, 0.15) is 29.9 Å². The number of fused-ring (bicyclic) bond motifs is 2. The molecule has 2 heterocycles. The molecule has 0 aromatic heterocycles. The largest absolute Gasteiger partial charge is 0.493 e. The van der Waals surface area contributed by atoms with Gasteiger partial charge in [-0.05, 0) is 18.6 Å². The zero-order valence-corrected chi connectivity index (χ0v) is 14.1. The smallest absolute Gasteiger partial charge is 0.223 e. The fraction of sp³-hybridized carbons (Fsp3) is 0.350. The Morgan fingerprint density at radius 2 is 2.00 bits per heavy atom. The van der Waals surface area contributed by atoms with Gasteiger partial charge in [-0.15, -0.1) is 0 Å². The first-order valence-corrected chi connectivity index (χ1v) is 8.57. The lowest BCUT2D eigenvalue weighted by Gasteiger charge is -2.33. The van der Waals surface area contributed by atoms with Crippen molar-refractivity contribution in [3.05, 3.63) is 53.6 Å². The van der Waals surface area contributed by atoms with Gasteiger partial charge in [0.1, 0.15) is 5.75 Å². The Bertz CT molecular complexity index is 804. The number of nitrogens with zero attached hydrogens (tertiary/aromatic N) is 1. The van der Waals surface area contributed by atoms with Crippen LogP contribution in [0.3, 0.4) is 0 Å². The average molecular weight is 339 g/mol. The maximum Gasteiger partial charge on any atom is 0.223 e. The summed E-state index contributed by atoms with van der Waals surface area (Å²) in [7, 11) is 1.63. The van der Waals surface area contributed by atoms with Gasteiger partial charge in [0, 0.05) is 30.0 Å². The molecule has 2 aromatic rings. The van der Waals surface area contributed by atoms with Crippen molar-refractivity contribution in [2.24, 2.45) is 0 Å². The van der Waals surface area contributed by atoms with Crippen LogP contribution in [-0.2, 0) is 4.79 Å². The van der Waals surface area contributed by atoms with Crippen LogP contribution in [-0.4, -0.2) is 42.2 Å². The first kappa shape index (κ1) is 16.0. The highest BCUT2D eigenvalue weighted by Crippen LogP contribution is 2.48. The van der Waals surface area contributed by atoms with E-state index in [0.717, 1.165) is 16.9 Å². The van der Waals surface area contributed by atoms with Crippen molar-refractivity contribution in [2.45, 2.75) is 24.8 Å². The van der Waals surface area contributed by atoms with Crippen LogP contribution in [0, 0.1) is 0 Å². The molecule has 2 aromatic carbocycles. The van der Waals surface area contributed by atoms with E-state index in [4.69, 9.17) is 9.47 Å². The summed E-state index contributed by atoms with van der Waals surface area (Å²) in [5, 5.41) is 9.62. The topological polar surface area (TPSA) is 59.0 Å². The van der Waals surface area contributed by atoms with E-state index in [1.54, 1.807) is 7.11 Å². The Labute approximate surface area is 146 Å². The number of amides is 1. The number of ether oxygens (including phenoxy) is 2. The molecule has 1 fully saturated rings. The van der Waals surface area contributed by atoms with Crippen molar-refractivity contribution < 1.29 is 19.4 Å². The van der Waals surface area contributed by atoms with E-state index in [9.17, 15) is 9.90 Å². The third kappa shape index (κ3) is 2.65. The molecule has 0 spiro atoms. The molecule has 4 rings (SSSR count). The fourth-order valence-electron chi connectivity index (χ4n) is 3.84. The minimum atomic E-state index is -0.100. The summed E-state index contributed by atoms with van der Waals surface area (Å²) in [4.78, 5) is 14.1. The van der Waals surface area contributed by atoms with Gasteiger partial charge >= 0.3 is 0 Å². The van der Waals surface area contributed by atoms with E-state index in [2.05, 4.69) is 0 Å². The molecule has 2 aliphatic heterocycles. The second-order valence-corrected chi connectivity index (χ2v) is 6.49. The summed E-state index contributed by atoms with van der Waals surface area (Å²) < 4.78 is 11.6. The van der Waals surface area contributed by atoms with Crippen LogP contribution < -0.4 is 9.47 Å². The monoisotopic (exact) mass is 339 g/mol. The molecule has 0 radical (unpaired) electrons. The van der Waals surface area contributed by atoms with E-state index in [1.807, 2.05) is 47.4 Å². The van der Waals surface area contributed by atoms with Gasteiger partial charge < -0.3 is 19.5 Å². The summed E-state index contributed by atoms with van der Waals surface area (Å²) >= 11 is 0. The maximum absolute atomic E-state index is 12.3. The predicted octanol–water partition coefficient (Wildman–Crippen LogP) is 2.92. The number of rotatable bonds is 4. The number of benzene rings is 2. The third-order valence-electron chi connectivity index (χ3n) is 5.15. The van der Waals surface area contributed by atoms with Crippen molar-refractivity contribution in [3.63, 3.8) is 0 Å². The van der Waals surface area contributed by atoms with E-state index in [-0.39, 0.29) is 24.5 Å². The molecule has 2 unspecified atom stereocenters. The van der Waals surface area contributed by atoms with Crippen LogP contribution in [0.15, 0.2) is 42.5 Å². The van der Waals surface area contributed by atoms with Crippen molar-refractivity contribution in [1.29, 1.82) is 0 Å². The molecular formula is C20H21NO4. The molecule has 5 heteroatoms. The molecule has 0 saturated carbocycles. The normalized spacial score (nSPS) is 21.5. The summed E-state index contributed by atoms with van der Waals surface area (Å²) in [5.41, 5.74) is 2.06.